The zero-order valence-corrected chi connectivity index (χ0v) is 14.5. The lowest BCUT2D eigenvalue weighted by atomic mass is 9.96. The first-order valence-electron chi connectivity index (χ1n) is 7.00. The lowest BCUT2D eigenvalue weighted by molar-refractivity contribution is 0.547. The van der Waals surface area contributed by atoms with Crippen LogP contribution in [0.15, 0.2) is 28.7 Å². The highest BCUT2D eigenvalue weighted by Crippen LogP contribution is 2.26. The molecule has 0 atom stereocenters. The maximum Gasteiger partial charge on any atom is 0.138 e. The molecule has 3 N–H and O–H groups in total. The standard InChI is InChI=1S/C16H21BrN4/c1-5-10-8-11(17)6-7-12(10)19-14-9-13(18)20-15(21-14)16(2,3)4/h6-9H,5H2,1-4H3,(H3,18,19,20,21). The molecule has 1 aromatic heterocycles. The molecule has 2 aromatic rings. The maximum atomic E-state index is 5.91. The van der Waals surface area contributed by atoms with E-state index < -0.39 is 0 Å². The number of aromatic nitrogens is 2. The van der Waals surface area contributed by atoms with Crippen LogP contribution < -0.4 is 11.1 Å². The second-order valence-corrected chi connectivity index (χ2v) is 6.95. The SMILES string of the molecule is CCc1cc(Br)ccc1Nc1cc(N)nc(C(C)(C)C)n1. The van der Waals surface area contributed by atoms with Crippen molar-refractivity contribution in [2.24, 2.45) is 0 Å². The molecule has 0 saturated carbocycles. The third-order valence-corrected chi connectivity index (χ3v) is 3.62. The van der Waals surface area contributed by atoms with Gasteiger partial charge in [0.15, 0.2) is 0 Å². The molecule has 0 aliphatic rings. The van der Waals surface area contributed by atoms with E-state index in [-0.39, 0.29) is 5.41 Å². The van der Waals surface area contributed by atoms with Gasteiger partial charge >= 0.3 is 0 Å². The number of nitrogens with one attached hydrogen (secondary N) is 1. The van der Waals surface area contributed by atoms with Gasteiger partial charge in [-0.2, -0.15) is 0 Å². The highest BCUT2D eigenvalue weighted by atomic mass is 79.9. The zero-order chi connectivity index (χ0) is 15.6. The molecular formula is C16H21BrN4. The first-order chi connectivity index (χ1) is 9.79. The van der Waals surface area contributed by atoms with E-state index in [4.69, 9.17) is 5.73 Å². The van der Waals surface area contributed by atoms with Gasteiger partial charge in [-0.3, -0.25) is 0 Å². The van der Waals surface area contributed by atoms with E-state index in [2.05, 4.69) is 65.0 Å². The van der Waals surface area contributed by atoms with E-state index in [1.165, 1.54) is 5.56 Å². The molecule has 0 unspecified atom stereocenters. The number of rotatable bonds is 3. The average molecular weight is 349 g/mol. The lowest BCUT2D eigenvalue weighted by Crippen LogP contribution is -2.17. The van der Waals surface area contributed by atoms with Gasteiger partial charge in [-0.05, 0) is 30.2 Å². The molecule has 0 spiro atoms. The van der Waals surface area contributed by atoms with E-state index in [0.29, 0.717) is 5.82 Å². The summed E-state index contributed by atoms with van der Waals surface area (Å²) in [5.41, 5.74) is 8.03. The molecule has 0 saturated heterocycles. The number of halogens is 1. The number of benzene rings is 1. The maximum absolute atomic E-state index is 5.91. The van der Waals surface area contributed by atoms with Crippen LogP contribution in [-0.2, 0) is 11.8 Å². The van der Waals surface area contributed by atoms with Crippen LogP contribution in [0.2, 0.25) is 0 Å². The Morgan fingerprint density at radius 1 is 1.19 bits per heavy atom. The minimum Gasteiger partial charge on any atom is -0.384 e. The largest absolute Gasteiger partial charge is 0.384 e. The number of aryl methyl sites for hydroxylation is 1. The molecule has 0 fully saturated rings. The lowest BCUT2D eigenvalue weighted by Gasteiger charge is -2.18. The Morgan fingerprint density at radius 3 is 2.52 bits per heavy atom. The monoisotopic (exact) mass is 348 g/mol. The van der Waals surface area contributed by atoms with Crippen molar-refractivity contribution in [2.75, 3.05) is 11.1 Å². The second-order valence-electron chi connectivity index (χ2n) is 6.03. The molecule has 1 heterocycles. The molecule has 0 amide bonds. The van der Waals surface area contributed by atoms with Crippen molar-refractivity contribution in [3.63, 3.8) is 0 Å². The highest BCUT2D eigenvalue weighted by molar-refractivity contribution is 9.10. The van der Waals surface area contributed by atoms with E-state index >= 15 is 0 Å². The minimum absolute atomic E-state index is 0.140. The summed E-state index contributed by atoms with van der Waals surface area (Å²) >= 11 is 3.50. The predicted octanol–water partition coefficient (Wildman–Crippen LogP) is 4.42. The van der Waals surface area contributed by atoms with Crippen molar-refractivity contribution < 1.29 is 0 Å². The molecule has 0 aliphatic carbocycles. The number of hydrogen-bond donors (Lipinski definition) is 2. The molecule has 1 aromatic carbocycles. The minimum atomic E-state index is -0.140. The molecule has 21 heavy (non-hydrogen) atoms. The van der Waals surface area contributed by atoms with Crippen molar-refractivity contribution in [2.45, 2.75) is 39.5 Å². The zero-order valence-electron chi connectivity index (χ0n) is 12.9. The molecule has 0 aliphatic heterocycles. The fourth-order valence-electron chi connectivity index (χ4n) is 1.98. The molecule has 0 bridgehead atoms. The summed E-state index contributed by atoms with van der Waals surface area (Å²) in [6.07, 6.45) is 0.939. The van der Waals surface area contributed by atoms with Crippen molar-refractivity contribution in [3.8, 4) is 0 Å². The van der Waals surface area contributed by atoms with Crippen LogP contribution in [0.1, 0.15) is 39.1 Å². The van der Waals surface area contributed by atoms with E-state index in [0.717, 1.165) is 28.2 Å². The third-order valence-electron chi connectivity index (χ3n) is 3.13. The van der Waals surface area contributed by atoms with Crippen LogP contribution in [0, 0.1) is 0 Å². The van der Waals surface area contributed by atoms with Gasteiger partial charge in [-0.25, -0.2) is 9.97 Å². The smallest absolute Gasteiger partial charge is 0.138 e. The van der Waals surface area contributed by atoms with E-state index in [9.17, 15) is 0 Å². The number of nitrogens with two attached hydrogens (primary N) is 1. The Morgan fingerprint density at radius 2 is 1.90 bits per heavy atom. The first kappa shape index (κ1) is 15.8. The van der Waals surface area contributed by atoms with Crippen LogP contribution in [0.4, 0.5) is 17.3 Å². The Balaban J connectivity index is 2.38. The number of anilines is 3. The number of nitrogens with zero attached hydrogens (tertiary/aromatic N) is 2. The van der Waals surface area contributed by atoms with E-state index in [1.807, 2.05) is 12.1 Å². The first-order valence-corrected chi connectivity index (χ1v) is 7.79. The molecule has 5 heteroatoms. The Bertz CT molecular complexity index is 647. The number of hydrogen-bond acceptors (Lipinski definition) is 4. The van der Waals surface area contributed by atoms with Crippen LogP contribution in [0.3, 0.4) is 0 Å². The van der Waals surface area contributed by atoms with Gasteiger partial charge in [-0.1, -0.05) is 43.6 Å². The normalized spacial score (nSPS) is 11.5. The van der Waals surface area contributed by atoms with Gasteiger partial charge in [0, 0.05) is 21.6 Å². The van der Waals surface area contributed by atoms with Crippen LogP contribution in [-0.4, -0.2) is 9.97 Å². The van der Waals surface area contributed by atoms with Gasteiger partial charge < -0.3 is 11.1 Å². The van der Waals surface area contributed by atoms with Crippen molar-refractivity contribution in [3.05, 3.63) is 40.1 Å². The highest BCUT2D eigenvalue weighted by Gasteiger charge is 2.18. The van der Waals surface area contributed by atoms with Gasteiger partial charge in [0.2, 0.25) is 0 Å². The van der Waals surface area contributed by atoms with Crippen LogP contribution in [0.5, 0.6) is 0 Å². The summed E-state index contributed by atoms with van der Waals surface area (Å²) in [6, 6.07) is 7.92. The molecule has 4 nitrogen and oxygen atoms in total. The molecule has 2 rings (SSSR count). The Hall–Kier alpha value is -1.62. The third kappa shape index (κ3) is 3.94. The van der Waals surface area contributed by atoms with Gasteiger partial charge in [0.1, 0.15) is 17.5 Å². The van der Waals surface area contributed by atoms with Gasteiger partial charge in [0.05, 0.1) is 0 Å². The van der Waals surface area contributed by atoms with Crippen molar-refractivity contribution in [1.29, 1.82) is 0 Å². The fraction of sp³-hybridized carbons (Fsp3) is 0.375. The van der Waals surface area contributed by atoms with Crippen molar-refractivity contribution >= 4 is 33.3 Å². The van der Waals surface area contributed by atoms with Gasteiger partial charge in [-0.15, -0.1) is 0 Å². The van der Waals surface area contributed by atoms with Gasteiger partial charge in [0.25, 0.3) is 0 Å². The van der Waals surface area contributed by atoms with Crippen LogP contribution >= 0.6 is 15.9 Å². The van der Waals surface area contributed by atoms with Crippen molar-refractivity contribution in [1.82, 2.24) is 9.97 Å². The summed E-state index contributed by atoms with van der Waals surface area (Å²) in [5, 5.41) is 3.35. The Kier molecular flexibility index (Phi) is 4.52. The fourth-order valence-corrected chi connectivity index (χ4v) is 2.39. The second kappa shape index (κ2) is 6.02. The summed E-state index contributed by atoms with van der Waals surface area (Å²) in [5.74, 6) is 1.94. The van der Waals surface area contributed by atoms with E-state index in [1.54, 1.807) is 6.07 Å². The summed E-state index contributed by atoms with van der Waals surface area (Å²) in [6.45, 7) is 8.34. The summed E-state index contributed by atoms with van der Waals surface area (Å²) < 4.78 is 1.07. The molecule has 112 valence electrons. The quantitative estimate of drug-likeness (QED) is 0.861. The molecular weight excluding hydrogens is 328 g/mol. The topological polar surface area (TPSA) is 63.8 Å². The molecule has 0 radical (unpaired) electrons. The summed E-state index contributed by atoms with van der Waals surface area (Å²) in [7, 11) is 0. The predicted molar refractivity (Wildman–Crippen MR) is 91.9 cm³/mol. The number of nitrogen functional groups attached to an aromatic ring is 1. The Labute approximate surface area is 134 Å². The summed E-state index contributed by atoms with van der Waals surface area (Å²) in [4.78, 5) is 8.91. The average Bonchev–Trinajstić information content (AvgIpc) is 2.39. The van der Waals surface area contributed by atoms with Crippen LogP contribution in [0.25, 0.3) is 0 Å².